The van der Waals surface area contributed by atoms with Crippen LogP contribution < -0.4 is 10.6 Å². The molecular formula is C16H30N4. The van der Waals surface area contributed by atoms with Crippen LogP contribution in [0.5, 0.6) is 0 Å². The van der Waals surface area contributed by atoms with Crippen molar-refractivity contribution in [2.45, 2.75) is 66.2 Å². The van der Waals surface area contributed by atoms with Crippen molar-refractivity contribution in [2.24, 2.45) is 0 Å². The molecule has 1 aromatic rings. The number of aromatic nitrogens is 2. The highest BCUT2D eigenvalue weighted by molar-refractivity contribution is 5.56. The van der Waals surface area contributed by atoms with Crippen LogP contribution in [0.3, 0.4) is 0 Å². The van der Waals surface area contributed by atoms with Crippen molar-refractivity contribution in [1.29, 1.82) is 0 Å². The fourth-order valence-electron chi connectivity index (χ4n) is 2.13. The van der Waals surface area contributed by atoms with E-state index in [2.05, 4.69) is 37.6 Å². The van der Waals surface area contributed by atoms with E-state index in [4.69, 9.17) is 10.7 Å². The third-order valence-electron chi connectivity index (χ3n) is 3.55. The molecule has 0 saturated heterocycles. The second-order valence-electron chi connectivity index (χ2n) is 5.76. The van der Waals surface area contributed by atoms with E-state index in [1.807, 2.05) is 6.92 Å². The van der Waals surface area contributed by atoms with Crippen molar-refractivity contribution in [3.05, 3.63) is 11.4 Å². The lowest BCUT2D eigenvalue weighted by molar-refractivity contribution is 0.662. The van der Waals surface area contributed by atoms with Gasteiger partial charge < -0.3 is 10.6 Å². The molecule has 0 atom stereocenters. The van der Waals surface area contributed by atoms with Crippen LogP contribution in [0.1, 0.15) is 70.7 Å². The molecule has 0 bridgehead atoms. The Hall–Kier alpha value is -1.32. The maximum absolute atomic E-state index is 6.08. The number of nitrogens with zero attached hydrogens (tertiary/aromatic N) is 3. The number of unbranched alkanes of at least 4 members (excludes halogenated alkanes) is 2. The highest BCUT2D eigenvalue weighted by atomic mass is 15.2. The van der Waals surface area contributed by atoms with Gasteiger partial charge in [0, 0.05) is 24.6 Å². The Labute approximate surface area is 123 Å². The minimum Gasteiger partial charge on any atom is -0.383 e. The maximum atomic E-state index is 6.08. The summed E-state index contributed by atoms with van der Waals surface area (Å²) in [6.45, 7) is 12.8. The lowest BCUT2D eigenvalue weighted by Gasteiger charge is -2.26. The van der Waals surface area contributed by atoms with E-state index in [9.17, 15) is 0 Å². The molecule has 20 heavy (non-hydrogen) atoms. The molecule has 0 aliphatic carbocycles. The minimum absolute atomic E-state index is 0.302. The Morgan fingerprint density at radius 2 is 1.60 bits per heavy atom. The molecule has 1 rings (SSSR count). The van der Waals surface area contributed by atoms with E-state index in [0.717, 1.165) is 30.3 Å². The first kappa shape index (κ1) is 16.7. The van der Waals surface area contributed by atoms with E-state index in [1.165, 1.54) is 25.7 Å². The normalized spacial score (nSPS) is 11.1. The molecule has 0 spiro atoms. The standard InChI is InChI=1S/C16H30N4/c1-6-8-10-20(11-9-7-2)16-13(5)14(17)18-15(19-16)12(3)4/h12H,6-11H2,1-5H3,(H2,17,18,19). The number of nitrogens with two attached hydrogens (primary N) is 1. The summed E-state index contributed by atoms with van der Waals surface area (Å²) in [4.78, 5) is 11.6. The summed E-state index contributed by atoms with van der Waals surface area (Å²) >= 11 is 0. The topological polar surface area (TPSA) is 55.0 Å². The summed E-state index contributed by atoms with van der Waals surface area (Å²) < 4.78 is 0. The number of hydrogen-bond acceptors (Lipinski definition) is 4. The fraction of sp³-hybridized carbons (Fsp3) is 0.750. The van der Waals surface area contributed by atoms with Gasteiger partial charge in [0.05, 0.1) is 0 Å². The monoisotopic (exact) mass is 278 g/mol. The number of rotatable bonds is 8. The molecule has 0 radical (unpaired) electrons. The van der Waals surface area contributed by atoms with Crippen LogP contribution in [-0.2, 0) is 0 Å². The second kappa shape index (κ2) is 8.08. The first-order valence-corrected chi connectivity index (χ1v) is 7.90. The van der Waals surface area contributed by atoms with Gasteiger partial charge >= 0.3 is 0 Å². The zero-order chi connectivity index (χ0) is 15.1. The zero-order valence-electron chi connectivity index (χ0n) is 13.7. The molecule has 0 amide bonds. The van der Waals surface area contributed by atoms with Crippen LogP contribution in [0.2, 0.25) is 0 Å². The molecule has 4 heteroatoms. The van der Waals surface area contributed by atoms with Crippen molar-refractivity contribution < 1.29 is 0 Å². The van der Waals surface area contributed by atoms with Crippen LogP contribution in [0.25, 0.3) is 0 Å². The third kappa shape index (κ3) is 4.36. The molecule has 1 heterocycles. The Balaban J connectivity index is 3.09. The molecule has 0 saturated carbocycles. The summed E-state index contributed by atoms with van der Waals surface area (Å²) in [7, 11) is 0. The lowest BCUT2D eigenvalue weighted by Crippen LogP contribution is -2.28. The molecule has 0 aromatic carbocycles. The van der Waals surface area contributed by atoms with Gasteiger partial charge in [0.25, 0.3) is 0 Å². The van der Waals surface area contributed by atoms with Gasteiger partial charge in [0.15, 0.2) is 0 Å². The predicted octanol–water partition coefficient (Wildman–Crippen LogP) is 3.90. The fourth-order valence-corrected chi connectivity index (χ4v) is 2.13. The largest absolute Gasteiger partial charge is 0.383 e. The van der Waals surface area contributed by atoms with Gasteiger partial charge in [-0.1, -0.05) is 40.5 Å². The number of anilines is 2. The summed E-state index contributed by atoms with van der Waals surface area (Å²) in [6, 6.07) is 0. The number of nitrogen functional groups attached to an aromatic ring is 1. The zero-order valence-corrected chi connectivity index (χ0v) is 13.7. The van der Waals surface area contributed by atoms with Gasteiger partial charge in [0.1, 0.15) is 17.5 Å². The van der Waals surface area contributed by atoms with Gasteiger partial charge in [-0.3, -0.25) is 0 Å². The predicted molar refractivity (Wildman–Crippen MR) is 87.3 cm³/mol. The number of hydrogen-bond donors (Lipinski definition) is 1. The highest BCUT2D eigenvalue weighted by Gasteiger charge is 2.16. The average molecular weight is 278 g/mol. The lowest BCUT2D eigenvalue weighted by atomic mass is 10.2. The third-order valence-corrected chi connectivity index (χ3v) is 3.55. The smallest absolute Gasteiger partial charge is 0.137 e. The maximum Gasteiger partial charge on any atom is 0.137 e. The van der Waals surface area contributed by atoms with Gasteiger partial charge in [-0.25, -0.2) is 9.97 Å². The van der Waals surface area contributed by atoms with E-state index in [0.29, 0.717) is 11.7 Å². The Kier molecular flexibility index (Phi) is 6.76. The van der Waals surface area contributed by atoms with E-state index in [-0.39, 0.29) is 0 Å². The Morgan fingerprint density at radius 3 is 2.05 bits per heavy atom. The molecule has 114 valence electrons. The summed E-state index contributed by atoms with van der Waals surface area (Å²) in [6.07, 6.45) is 4.76. The average Bonchev–Trinajstić information content (AvgIpc) is 2.42. The van der Waals surface area contributed by atoms with Crippen molar-refractivity contribution in [3.8, 4) is 0 Å². The van der Waals surface area contributed by atoms with Crippen molar-refractivity contribution >= 4 is 11.6 Å². The molecule has 0 unspecified atom stereocenters. The Bertz CT molecular complexity index is 407. The first-order chi connectivity index (χ1) is 9.51. The van der Waals surface area contributed by atoms with E-state index >= 15 is 0 Å². The SMILES string of the molecule is CCCCN(CCCC)c1nc(C(C)C)nc(N)c1C. The minimum atomic E-state index is 0.302. The molecule has 4 nitrogen and oxygen atoms in total. The van der Waals surface area contributed by atoms with Gasteiger partial charge in [-0.15, -0.1) is 0 Å². The van der Waals surface area contributed by atoms with Crippen LogP contribution >= 0.6 is 0 Å². The molecule has 1 aromatic heterocycles. The summed E-state index contributed by atoms with van der Waals surface area (Å²) in [5, 5.41) is 0. The first-order valence-electron chi connectivity index (χ1n) is 7.90. The van der Waals surface area contributed by atoms with Crippen molar-refractivity contribution in [1.82, 2.24) is 9.97 Å². The molecule has 2 N–H and O–H groups in total. The van der Waals surface area contributed by atoms with Crippen molar-refractivity contribution in [3.63, 3.8) is 0 Å². The molecule has 0 aliphatic heterocycles. The Morgan fingerprint density at radius 1 is 1.05 bits per heavy atom. The second-order valence-corrected chi connectivity index (χ2v) is 5.76. The van der Waals surface area contributed by atoms with Crippen LogP contribution in [0.15, 0.2) is 0 Å². The van der Waals surface area contributed by atoms with E-state index in [1.54, 1.807) is 0 Å². The summed E-state index contributed by atoms with van der Waals surface area (Å²) in [5.41, 5.74) is 7.09. The van der Waals surface area contributed by atoms with Gasteiger partial charge in [-0.05, 0) is 19.8 Å². The van der Waals surface area contributed by atoms with E-state index < -0.39 is 0 Å². The summed E-state index contributed by atoms with van der Waals surface area (Å²) in [5.74, 6) is 2.80. The molecular weight excluding hydrogens is 248 g/mol. The van der Waals surface area contributed by atoms with Crippen molar-refractivity contribution in [2.75, 3.05) is 23.7 Å². The van der Waals surface area contributed by atoms with Gasteiger partial charge in [-0.2, -0.15) is 0 Å². The highest BCUT2D eigenvalue weighted by Crippen LogP contribution is 2.25. The van der Waals surface area contributed by atoms with Gasteiger partial charge in [0.2, 0.25) is 0 Å². The van der Waals surface area contributed by atoms with Crippen LogP contribution in [-0.4, -0.2) is 23.1 Å². The van der Waals surface area contributed by atoms with Crippen LogP contribution in [0.4, 0.5) is 11.6 Å². The molecule has 0 aliphatic rings. The quantitative estimate of drug-likeness (QED) is 0.783. The van der Waals surface area contributed by atoms with Crippen LogP contribution in [0, 0.1) is 6.92 Å². The molecule has 0 fully saturated rings.